The van der Waals surface area contributed by atoms with Gasteiger partial charge >= 0.3 is 5.97 Å². The number of aromatic nitrogens is 1. The Bertz CT molecular complexity index is 1430. The lowest BCUT2D eigenvalue weighted by Crippen LogP contribution is -2.31. The van der Waals surface area contributed by atoms with Gasteiger partial charge in [0.25, 0.3) is 0 Å². The van der Waals surface area contributed by atoms with Gasteiger partial charge in [0.2, 0.25) is 0 Å². The number of halogens is 1. The molecule has 4 aromatic rings. The molecule has 3 aromatic carbocycles. The number of anilines is 2. The summed E-state index contributed by atoms with van der Waals surface area (Å²) in [6, 6.07) is 19.8. The zero-order valence-electron chi connectivity index (χ0n) is 18.8. The first-order chi connectivity index (χ1) is 16.4. The van der Waals surface area contributed by atoms with Crippen molar-refractivity contribution in [2.45, 2.75) is 6.04 Å². The van der Waals surface area contributed by atoms with E-state index >= 15 is 0 Å². The highest BCUT2D eigenvalue weighted by atomic mass is 19.1. The quantitative estimate of drug-likeness (QED) is 0.450. The number of carboxylic acid groups (broad SMARTS) is 1. The summed E-state index contributed by atoms with van der Waals surface area (Å²) in [6.07, 6.45) is 1.63. The van der Waals surface area contributed by atoms with E-state index in [1.165, 1.54) is 12.1 Å². The Kier molecular flexibility index (Phi) is 5.45. The first-order valence-corrected chi connectivity index (χ1v) is 10.9. The van der Waals surface area contributed by atoms with Gasteiger partial charge in [0.1, 0.15) is 11.9 Å². The van der Waals surface area contributed by atoms with Crippen molar-refractivity contribution in [2.24, 2.45) is 4.99 Å². The van der Waals surface area contributed by atoms with E-state index < -0.39 is 17.8 Å². The molecule has 34 heavy (non-hydrogen) atoms. The van der Waals surface area contributed by atoms with E-state index in [1.54, 1.807) is 12.3 Å². The number of benzene rings is 3. The van der Waals surface area contributed by atoms with Gasteiger partial charge in [-0.25, -0.2) is 14.2 Å². The van der Waals surface area contributed by atoms with Crippen molar-refractivity contribution in [3.8, 4) is 22.4 Å². The zero-order chi connectivity index (χ0) is 23.8. The molecule has 0 aliphatic carbocycles. The van der Waals surface area contributed by atoms with Crippen molar-refractivity contribution in [1.29, 1.82) is 0 Å². The fraction of sp³-hybridized carbons (Fsp3) is 0.148. The summed E-state index contributed by atoms with van der Waals surface area (Å²) in [5.41, 5.74) is 6.54. The lowest BCUT2D eigenvalue weighted by Gasteiger charge is -2.18. The fourth-order valence-corrected chi connectivity index (χ4v) is 4.14. The molecular formula is C27H23FN4O2. The first-order valence-electron chi connectivity index (χ1n) is 10.9. The molecule has 0 bridgehead atoms. The van der Waals surface area contributed by atoms with Crippen LogP contribution in [0.4, 0.5) is 15.8 Å². The Morgan fingerprint density at radius 2 is 1.79 bits per heavy atom. The second kappa shape index (κ2) is 8.59. The average Bonchev–Trinajstić information content (AvgIpc) is 3.08. The van der Waals surface area contributed by atoms with Crippen LogP contribution in [0.2, 0.25) is 0 Å². The number of carbonyl (C=O) groups is 1. The minimum absolute atomic E-state index is 0.0708. The SMILES string of the molecule is CN(C)c1cccc(-c2ccc(-c3nc4ccc(F)cc4c4c3C=NCC(C(=O)O)N4)cc2)c1. The highest BCUT2D eigenvalue weighted by Crippen LogP contribution is 2.36. The van der Waals surface area contributed by atoms with E-state index in [4.69, 9.17) is 4.98 Å². The Labute approximate surface area is 196 Å². The molecule has 0 spiro atoms. The number of nitrogens with one attached hydrogen (secondary N) is 1. The third kappa shape index (κ3) is 3.96. The number of hydrogen-bond acceptors (Lipinski definition) is 5. The number of rotatable bonds is 4. The van der Waals surface area contributed by atoms with Gasteiger partial charge in [0.05, 0.1) is 23.4 Å². The van der Waals surface area contributed by atoms with Crippen LogP contribution in [0.25, 0.3) is 33.3 Å². The highest BCUT2D eigenvalue weighted by molar-refractivity contribution is 6.07. The molecule has 6 nitrogen and oxygen atoms in total. The number of aliphatic carboxylic acids is 1. The van der Waals surface area contributed by atoms with E-state index in [2.05, 4.69) is 33.4 Å². The van der Waals surface area contributed by atoms with Crippen molar-refractivity contribution < 1.29 is 14.3 Å². The standard InChI is InChI=1S/C27H23FN4O2/c1-32(2)20-5-3-4-18(12-20)16-6-8-17(9-7-16)25-22-14-29-15-24(27(33)34)31-26(22)21-13-19(28)10-11-23(21)30-25/h3-14,24,31H,15H2,1-2H3,(H,33,34). The van der Waals surface area contributed by atoms with Gasteiger partial charge in [-0.05, 0) is 41.5 Å². The summed E-state index contributed by atoms with van der Waals surface area (Å²) in [5, 5.41) is 13.1. The van der Waals surface area contributed by atoms with Crippen molar-refractivity contribution in [1.82, 2.24) is 4.98 Å². The van der Waals surface area contributed by atoms with E-state index in [0.717, 1.165) is 22.4 Å². The molecule has 170 valence electrons. The van der Waals surface area contributed by atoms with Crippen LogP contribution in [0.15, 0.2) is 71.7 Å². The lowest BCUT2D eigenvalue weighted by molar-refractivity contribution is -0.137. The van der Waals surface area contributed by atoms with Gasteiger partial charge in [0.15, 0.2) is 0 Å². The van der Waals surface area contributed by atoms with Crippen LogP contribution < -0.4 is 10.2 Å². The Balaban J connectivity index is 1.63. The number of pyridine rings is 1. The predicted molar refractivity (Wildman–Crippen MR) is 134 cm³/mol. The van der Waals surface area contributed by atoms with Crippen LogP contribution >= 0.6 is 0 Å². The molecule has 1 atom stereocenters. The highest BCUT2D eigenvalue weighted by Gasteiger charge is 2.24. The summed E-state index contributed by atoms with van der Waals surface area (Å²) in [5.74, 6) is -1.43. The molecule has 7 heteroatoms. The van der Waals surface area contributed by atoms with Crippen LogP contribution in [0.1, 0.15) is 5.56 Å². The predicted octanol–water partition coefficient (Wildman–Crippen LogP) is 5.07. The van der Waals surface area contributed by atoms with E-state index in [0.29, 0.717) is 27.8 Å². The maximum atomic E-state index is 14.1. The monoisotopic (exact) mass is 454 g/mol. The van der Waals surface area contributed by atoms with Crippen LogP contribution in [0.3, 0.4) is 0 Å². The van der Waals surface area contributed by atoms with Gasteiger partial charge in [0, 0.05) is 42.5 Å². The van der Waals surface area contributed by atoms with Crippen molar-refractivity contribution in [3.05, 3.63) is 78.1 Å². The summed E-state index contributed by atoms with van der Waals surface area (Å²) in [6.45, 7) is 0.0708. The van der Waals surface area contributed by atoms with Crippen molar-refractivity contribution in [2.75, 3.05) is 30.9 Å². The summed E-state index contributed by atoms with van der Waals surface area (Å²) in [4.78, 5) is 22.9. The summed E-state index contributed by atoms with van der Waals surface area (Å²) < 4.78 is 14.1. The molecule has 5 rings (SSSR count). The molecular weight excluding hydrogens is 431 g/mol. The maximum Gasteiger partial charge on any atom is 0.328 e. The Morgan fingerprint density at radius 3 is 2.53 bits per heavy atom. The van der Waals surface area contributed by atoms with E-state index in [9.17, 15) is 14.3 Å². The summed E-state index contributed by atoms with van der Waals surface area (Å²) in [7, 11) is 4.02. The molecule has 0 saturated carbocycles. The van der Waals surface area contributed by atoms with E-state index in [1.807, 2.05) is 44.4 Å². The minimum Gasteiger partial charge on any atom is -0.480 e. The van der Waals surface area contributed by atoms with Crippen LogP contribution in [0.5, 0.6) is 0 Å². The van der Waals surface area contributed by atoms with Gasteiger partial charge in [-0.1, -0.05) is 36.4 Å². The molecule has 0 fully saturated rings. The number of carboxylic acids is 1. The maximum absolute atomic E-state index is 14.1. The van der Waals surface area contributed by atoms with Gasteiger partial charge in [-0.3, -0.25) is 4.99 Å². The zero-order valence-corrected chi connectivity index (χ0v) is 18.8. The largest absolute Gasteiger partial charge is 0.480 e. The van der Waals surface area contributed by atoms with Gasteiger partial charge in [-0.15, -0.1) is 0 Å². The third-order valence-corrected chi connectivity index (χ3v) is 5.96. The average molecular weight is 455 g/mol. The topological polar surface area (TPSA) is 77.8 Å². The molecule has 2 N–H and O–H groups in total. The number of nitrogens with zero attached hydrogens (tertiary/aromatic N) is 3. The van der Waals surface area contributed by atoms with Crippen molar-refractivity contribution >= 4 is 34.5 Å². The Morgan fingerprint density at radius 1 is 1.03 bits per heavy atom. The molecule has 2 heterocycles. The molecule has 0 saturated heterocycles. The van der Waals surface area contributed by atoms with Crippen LogP contribution in [-0.2, 0) is 4.79 Å². The molecule has 0 amide bonds. The van der Waals surface area contributed by atoms with Crippen molar-refractivity contribution in [3.63, 3.8) is 0 Å². The fourth-order valence-electron chi connectivity index (χ4n) is 4.14. The van der Waals surface area contributed by atoms with Crippen LogP contribution in [0, 0.1) is 5.82 Å². The number of aliphatic imine (C=N–C) groups is 1. The minimum atomic E-state index is -1.02. The second-order valence-electron chi connectivity index (χ2n) is 8.46. The van der Waals surface area contributed by atoms with Gasteiger partial charge in [-0.2, -0.15) is 0 Å². The third-order valence-electron chi connectivity index (χ3n) is 5.96. The summed E-state index contributed by atoms with van der Waals surface area (Å²) >= 11 is 0. The van der Waals surface area contributed by atoms with E-state index in [-0.39, 0.29) is 6.54 Å². The number of fused-ring (bicyclic) bond motifs is 3. The first kappa shape index (κ1) is 21.6. The second-order valence-corrected chi connectivity index (χ2v) is 8.46. The molecule has 1 aliphatic rings. The number of hydrogen-bond donors (Lipinski definition) is 2. The molecule has 1 aromatic heterocycles. The molecule has 1 aliphatic heterocycles. The van der Waals surface area contributed by atoms with Gasteiger partial charge < -0.3 is 15.3 Å². The lowest BCUT2D eigenvalue weighted by atomic mass is 9.98. The smallest absolute Gasteiger partial charge is 0.328 e. The molecule has 0 radical (unpaired) electrons. The Hall–Kier alpha value is -4.26. The normalized spacial score (nSPS) is 14.9. The van der Waals surface area contributed by atoms with Crippen LogP contribution in [-0.4, -0.2) is 49.0 Å². The molecule has 1 unspecified atom stereocenters.